The Morgan fingerprint density at radius 1 is 1.18 bits per heavy atom. The van der Waals surface area contributed by atoms with Crippen molar-refractivity contribution >= 4 is 11.5 Å². The van der Waals surface area contributed by atoms with Crippen molar-refractivity contribution in [2.45, 2.75) is 20.4 Å². The normalized spacial score (nSPS) is 10.2. The second-order valence-electron chi connectivity index (χ2n) is 4.03. The van der Waals surface area contributed by atoms with Gasteiger partial charge >= 0.3 is 0 Å². The smallest absolute Gasteiger partial charge is 0.126 e. The van der Waals surface area contributed by atoms with E-state index in [1.165, 1.54) is 0 Å². The minimum Gasteiger partial charge on any atom is -0.397 e. The first-order chi connectivity index (χ1) is 8.15. The number of aromatic nitrogens is 2. The number of nitrogens with zero attached hydrogens (tertiary/aromatic N) is 2. The molecule has 0 saturated carbocycles. The Bertz CT molecular complexity index is 505. The third-order valence-corrected chi connectivity index (χ3v) is 2.57. The number of rotatable bonds is 3. The number of hydrogen-bond donors (Lipinski definition) is 2. The number of aryl methyl sites for hydroxylation is 2. The van der Waals surface area contributed by atoms with Crippen LogP contribution in [-0.4, -0.2) is 9.97 Å². The van der Waals surface area contributed by atoms with Gasteiger partial charge in [0.1, 0.15) is 5.82 Å². The molecule has 4 heteroatoms. The fourth-order valence-corrected chi connectivity index (χ4v) is 1.47. The van der Waals surface area contributed by atoms with Crippen LogP contribution in [0.4, 0.5) is 11.5 Å². The van der Waals surface area contributed by atoms with E-state index in [9.17, 15) is 0 Å². The highest BCUT2D eigenvalue weighted by Crippen LogP contribution is 2.12. The molecule has 2 rings (SSSR count). The molecule has 0 radical (unpaired) electrons. The van der Waals surface area contributed by atoms with Crippen molar-refractivity contribution in [3.8, 4) is 0 Å². The summed E-state index contributed by atoms with van der Waals surface area (Å²) in [6.45, 7) is 4.58. The highest BCUT2D eigenvalue weighted by molar-refractivity contribution is 5.49. The standard InChI is InChI=1S/C13H16N4/c1-9-3-4-11(7-15-9)8-16-13-6-5-12(14)10(2)17-13/h3-7H,8,14H2,1-2H3,(H,16,17). The van der Waals surface area contributed by atoms with Crippen LogP contribution in [0.15, 0.2) is 30.5 Å². The summed E-state index contributed by atoms with van der Waals surface area (Å²) in [6, 6.07) is 7.79. The van der Waals surface area contributed by atoms with Gasteiger partial charge in [0.25, 0.3) is 0 Å². The molecule has 0 saturated heterocycles. The van der Waals surface area contributed by atoms with Crippen LogP contribution in [0.3, 0.4) is 0 Å². The van der Waals surface area contributed by atoms with E-state index in [0.717, 1.165) is 22.8 Å². The quantitative estimate of drug-likeness (QED) is 0.846. The fourth-order valence-electron chi connectivity index (χ4n) is 1.47. The number of nitrogens with one attached hydrogen (secondary N) is 1. The molecule has 17 heavy (non-hydrogen) atoms. The molecular weight excluding hydrogens is 212 g/mol. The summed E-state index contributed by atoms with van der Waals surface area (Å²) in [7, 11) is 0. The summed E-state index contributed by atoms with van der Waals surface area (Å²) < 4.78 is 0. The molecule has 0 bridgehead atoms. The lowest BCUT2D eigenvalue weighted by Crippen LogP contribution is -2.03. The van der Waals surface area contributed by atoms with Gasteiger partial charge in [-0.25, -0.2) is 4.98 Å². The van der Waals surface area contributed by atoms with Gasteiger partial charge in [0, 0.05) is 18.4 Å². The molecule has 88 valence electrons. The van der Waals surface area contributed by atoms with E-state index in [1.54, 1.807) is 0 Å². The molecule has 3 N–H and O–H groups in total. The Balaban J connectivity index is 2.02. The van der Waals surface area contributed by atoms with Crippen LogP contribution in [-0.2, 0) is 6.54 Å². The van der Waals surface area contributed by atoms with Crippen LogP contribution in [0.5, 0.6) is 0 Å². The van der Waals surface area contributed by atoms with Crippen molar-refractivity contribution in [1.29, 1.82) is 0 Å². The average Bonchev–Trinajstić information content (AvgIpc) is 2.33. The van der Waals surface area contributed by atoms with Gasteiger partial charge in [-0.15, -0.1) is 0 Å². The Morgan fingerprint density at radius 3 is 2.65 bits per heavy atom. The van der Waals surface area contributed by atoms with Crippen LogP contribution in [0.2, 0.25) is 0 Å². The van der Waals surface area contributed by atoms with Crippen molar-refractivity contribution in [3.63, 3.8) is 0 Å². The highest BCUT2D eigenvalue weighted by atomic mass is 15.0. The number of nitrogens with two attached hydrogens (primary N) is 1. The fraction of sp³-hybridized carbons (Fsp3) is 0.231. The first-order valence-electron chi connectivity index (χ1n) is 5.53. The minimum absolute atomic E-state index is 0.712. The van der Waals surface area contributed by atoms with E-state index in [-0.39, 0.29) is 0 Å². The summed E-state index contributed by atoms with van der Waals surface area (Å²) in [4.78, 5) is 8.59. The maximum Gasteiger partial charge on any atom is 0.126 e. The van der Waals surface area contributed by atoms with Gasteiger partial charge < -0.3 is 11.1 Å². The first kappa shape index (κ1) is 11.4. The van der Waals surface area contributed by atoms with E-state index >= 15 is 0 Å². The van der Waals surface area contributed by atoms with Crippen LogP contribution < -0.4 is 11.1 Å². The predicted octanol–water partition coefficient (Wildman–Crippen LogP) is 2.29. The Hall–Kier alpha value is -2.10. The largest absolute Gasteiger partial charge is 0.397 e. The van der Waals surface area contributed by atoms with Gasteiger partial charge in [-0.3, -0.25) is 4.98 Å². The molecule has 2 heterocycles. The van der Waals surface area contributed by atoms with Gasteiger partial charge in [-0.2, -0.15) is 0 Å². The molecule has 2 aromatic heterocycles. The number of nitrogen functional groups attached to an aromatic ring is 1. The number of hydrogen-bond acceptors (Lipinski definition) is 4. The van der Waals surface area contributed by atoms with Crippen LogP contribution in [0, 0.1) is 13.8 Å². The Morgan fingerprint density at radius 2 is 2.00 bits per heavy atom. The number of pyridine rings is 2. The molecular formula is C13H16N4. The van der Waals surface area contributed by atoms with E-state index in [1.807, 2.05) is 38.2 Å². The molecule has 0 amide bonds. The second kappa shape index (κ2) is 4.82. The lowest BCUT2D eigenvalue weighted by molar-refractivity contribution is 1.06. The molecule has 0 aliphatic carbocycles. The topological polar surface area (TPSA) is 63.8 Å². The van der Waals surface area contributed by atoms with Gasteiger partial charge in [0.15, 0.2) is 0 Å². The molecule has 0 aromatic carbocycles. The van der Waals surface area contributed by atoms with E-state index in [2.05, 4.69) is 21.4 Å². The summed E-state index contributed by atoms with van der Waals surface area (Å²) >= 11 is 0. The third-order valence-electron chi connectivity index (χ3n) is 2.57. The molecule has 0 atom stereocenters. The van der Waals surface area contributed by atoms with Crippen molar-refractivity contribution in [2.24, 2.45) is 0 Å². The van der Waals surface area contributed by atoms with Crippen LogP contribution in [0.1, 0.15) is 17.0 Å². The monoisotopic (exact) mass is 228 g/mol. The average molecular weight is 228 g/mol. The highest BCUT2D eigenvalue weighted by Gasteiger charge is 1.98. The summed E-state index contributed by atoms with van der Waals surface area (Å²) in [5, 5.41) is 3.24. The van der Waals surface area contributed by atoms with Gasteiger partial charge in [0.05, 0.1) is 11.4 Å². The SMILES string of the molecule is Cc1ccc(CNc2ccc(N)c(C)n2)cn1. The molecule has 0 aliphatic heterocycles. The zero-order valence-corrected chi connectivity index (χ0v) is 10.1. The Kier molecular flexibility index (Phi) is 3.23. The predicted molar refractivity (Wildman–Crippen MR) is 69.7 cm³/mol. The molecule has 0 fully saturated rings. The van der Waals surface area contributed by atoms with Crippen LogP contribution >= 0.6 is 0 Å². The third kappa shape index (κ3) is 2.93. The summed E-state index contributed by atoms with van der Waals surface area (Å²) in [6.07, 6.45) is 1.87. The zero-order chi connectivity index (χ0) is 12.3. The molecule has 4 nitrogen and oxygen atoms in total. The van der Waals surface area contributed by atoms with Crippen LogP contribution in [0.25, 0.3) is 0 Å². The van der Waals surface area contributed by atoms with Crippen molar-refractivity contribution in [1.82, 2.24) is 9.97 Å². The maximum atomic E-state index is 5.71. The Labute approximate surface area is 101 Å². The molecule has 0 spiro atoms. The van der Waals surface area contributed by atoms with Crippen molar-refractivity contribution < 1.29 is 0 Å². The molecule has 0 unspecified atom stereocenters. The van der Waals surface area contributed by atoms with Crippen molar-refractivity contribution in [3.05, 3.63) is 47.4 Å². The van der Waals surface area contributed by atoms with E-state index < -0.39 is 0 Å². The molecule has 0 aliphatic rings. The lowest BCUT2D eigenvalue weighted by atomic mass is 10.2. The van der Waals surface area contributed by atoms with Crippen molar-refractivity contribution in [2.75, 3.05) is 11.1 Å². The lowest BCUT2D eigenvalue weighted by Gasteiger charge is -2.07. The second-order valence-corrected chi connectivity index (χ2v) is 4.03. The van der Waals surface area contributed by atoms with Gasteiger partial charge in [-0.1, -0.05) is 6.07 Å². The van der Waals surface area contributed by atoms with Gasteiger partial charge in [-0.05, 0) is 37.6 Å². The number of anilines is 2. The summed E-state index contributed by atoms with van der Waals surface area (Å²) in [5.41, 5.74) is 9.43. The maximum absolute atomic E-state index is 5.71. The van der Waals surface area contributed by atoms with Gasteiger partial charge in [0.2, 0.25) is 0 Å². The van der Waals surface area contributed by atoms with E-state index in [4.69, 9.17) is 5.73 Å². The first-order valence-corrected chi connectivity index (χ1v) is 5.53. The zero-order valence-electron chi connectivity index (χ0n) is 10.1. The molecule has 2 aromatic rings. The minimum atomic E-state index is 0.712. The summed E-state index contributed by atoms with van der Waals surface area (Å²) in [5.74, 6) is 0.831. The van der Waals surface area contributed by atoms with E-state index in [0.29, 0.717) is 12.2 Å².